The molecule has 2 heterocycles. The first-order valence-electron chi connectivity index (χ1n) is 8.08. The summed E-state index contributed by atoms with van der Waals surface area (Å²) in [7, 11) is 1.45. The van der Waals surface area contributed by atoms with Crippen LogP contribution in [0.15, 0.2) is 29.2 Å². The second-order valence-electron chi connectivity index (χ2n) is 5.98. The zero-order valence-electron chi connectivity index (χ0n) is 13.1. The summed E-state index contributed by atoms with van der Waals surface area (Å²) in [6, 6.07) is 9.69. The second-order valence-corrected chi connectivity index (χ2v) is 7.12. The van der Waals surface area contributed by atoms with Crippen LogP contribution in [0.3, 0.4) is 0 Å². The summed E-state index contributed by atoms with van der Waals surface area (Å²) in [6.07, 6.45) is 4.25. The highest BCUT2D eigenvalue weighted by Crippen LogP contribution is 2.35. The number of benzene rings is 1. The molecule has 0 unspecified atom stereocenters. The van der Waals surface area contributed by atoms with Crippen LogP contribution in [0, 0.1) is 0 Å². The fourth-order valence-electron chi connectivity index (χ4n) is 3.34. The van der Waals surface area contributed by atoms with E-state index in [2.05, 4.69) is 29.6 Å². The number of likely N-dealkylation sites (tertiary alicyclic amines) is 1. The molecule has 1 aromatic carbocycles. The molecule has 2 aliphatic heterocycles. The lowest BCUT2D eigenvalue weighted by atomic mass is 9.98. The van der Waals surface area contributed by atoms with Crippen molar-refractivity contribution in [2.45, 2.75) is 42.7 Å². The van der Waals surface area contributed by atoms with E-state index in [0.717, 1.165) is 25.9 Å². The number of rotatable bonds is 2. The van der Waals surface area contributed by atoms with E-state index in [1.54, 1.807) is 4.90 Å². The third-order valence-electron chi connectivity index (χ3n) is 4.55. The largest absolute Gasteiger partial charge is 0.453 e. The number of amides is 1. The van der Waals surface area contributed by atoms with E-state index in [1.165, 1.54) is 36.2 Å². The van der Waals surface area contributed by atoms with Gasteiger partial charge >= 0.3 is 6.09 Å². The number of fused-ring (bicyclic) bond motifs is 1. The molecule has 1 N–H and O–H groups in total. The van der Waals surface area contributed by atoms with E-state index in [-0.39, 0.29) is 6.09 Å². The van der Waals surface area contributed by atoms with Crippen LogP contribution in [0.5, 0.6) is 0 Å². The Morgan fingerprint density at radius 3 is 2.82 bits per heavy atom. The summed E-state index contributed by atoms with van der Waals surface area (Å²) in [5.41, 5.74) is 1.44. The molecule has 1 fully saturated rings. The number of methoxy groups -OCH3 is 1. The molecule has 3 rings (SSSR count). The predicted molar refractivity (Wildman–Crippen MR) is 89.3 cm³/mol. The molecule has 0 saturated carbocycles. The van der Waals surface area contributed by atoms with Crippen LogP contribution >= 0.6 is 11.8 Å². The Hall–Kier alpha value is -1.20. The second kappa shape index (κ2) is 7.38. The Bertz CT molecular complexity index is 515. The highest BCUT2D eigenvalue weighted by Gasteiger charge is 2.26. The fraction of sp³-hybridized carbons (Fsp3) is 0.588. The van der Waals surface area contributed by atoms with Crippen molar-refractivity contribution in [3.63, 3.8) is 0 Å². The molecule has 0 aliphatic carbocycles. The summed E-state index contributed by atoms with van der Waals surface area (Å²) in [4.78, 5) is 14.8. The van der Waals surface area contributed by atoms with Crippen molar-refractivity contribution in [1.29, 1.82) is 0 Å². The van der Waals surface area contributed by atoms with Crippen molar-refractivity contribution in [3.8, 4) is 0 Å². The number of carbonyl (C=O) groups excluding carboxylic acids is 1. The molecule has 0 bridgehead atoms. The van der Waals surface area contributed by atoms with Crippen LogP contribution in [0.25, 0.3) is 0 Å². The van der Waals surface area contributed by atoms with Crippen LogP contribution < -0.4 is 5.32 Å². The Morgan fingerprint density at radius 1 is 1.27 bits per heavy atom. The van der Waals surface area contributed by atoms with Crippen molar-refractivity contribution >= 4 is 17.9 Å². The van der Waals surface area contributed by atoms with Crippen LogP contribution in [-0.4, -0.2) is 43.0 Å². The average Bonchev–Trinajstić information content (AvgIpc) is 2.77. The standard InChI is InChI=1S/C17H24N2O2S/c1-21-17(20)19-10-8-13(9-11-19)18-15-6-4-12-22-16-7-3-2-5-14(15)16/h2-3,5,7,13,15,18H,4,6,8-12H2,1H3/t15-/m0/s1. The first-order valence-corrected chi connectivity index (χ1v) is 9.07. The third kappa shape index (κ3) is 3.58. The van der Waals surface area contributed by atoms with Gasteiger partial charge in [-0.2, -0.15) is 0 Å². The lowest BCUT2D eigenvalue weighted by Gasteiger charge is -2.34. The minimum Gasteiger partial charge on any atom is -0.453 e. The summed E-state index contributed by atoms with van der Waals surface area (Å²) in [5, 5.41) is 3.84. The van der Waals surface area contributed by atoms with Crippen molar-refractivity contribution in [2.75, 3.05) is 26.0 Å². The minimum atomic E-state index is -0.199. The van der Waals surface area contributed by atoms with Gasteiger partial charge in [-0.05, 0) is 43.1 Å². The average molecular weight is 320 g/mol. The summed E-state index contributed by atoms with van der Waals surface area (Å²) >= 11 is 1.97. The van der Waals surface area contributed by atoms with Crippen LogP contribution in [0.2, 0.25) is 0 Å². The van der Waals surface area contributed by atoms with E-state index < -0.39 is 0 Å². The van der Waals surface area contributed by atoms with Gasteiger partial charge < -0.3 is 15.0 Å². The Morgan fingerprint density at radius 2 is 2.05 bits per heavy atom. The summed E-state index contributed by atoms with van der Waals surface area (Å²) in [6.45, 7) is 1.57. The van der Waals surface area contributed by atoms with E-state index in [9.17, 15) is 4.79 Å². The number of piperidine rings is 1. The van der Waals surface area contributed by atoms with E-state index >= 15 is 0 Å². The minimum absolute atomic E-state index is 0.199. The molecule has 0 aromatic heterocycles. The lowest BCUT2D eigenvalue weighted by Crippen LogP contribution is -2.45. The number of nitrogens with zero attached hydrogens (tertiary/aromatic N) is 1. The molecule has 1 atom stereocenters. The molecule has 4 nitrogen and oxygen atoms in total. The van der Waals surface area contributed by atoms with Gasteiger partial charge in [0, 0.05) is 30.1 Å². The molecule has 0 radical (unpaired) electrons. The molecule has 22 heavy (non-hydrogen) atoms. The maximum absolute atomic E-state index is 11.6. The molecule has 0 spiro atoms. The zero-order valence-corrected chi connectivity index (χ0v) is 13.9. The van der Waals surface area contributed by atoms with Gasteiger partial charge in [0.15, 0.2) is 0 Å². The Kier molecular flexibility index (Phi) is 5.26. The van der Waals surface area contributed by atoms with Gasteiger partial charge in [-0.25, -0.2) is 4.79 Å². The number of hydrogen-bond donors (Lipinski definition) is 1. The molecular weight excluding hydrogens is 296 g/mol. The monoisotopic (exact) mass is 320 g/mol. The maximum Gasteiger partial charge on any atom is 0.409 e. The van der Waals surface area contributed by atoms with Gasteiger partial charge in [0.2, 0.25) is 0 Å². The molecule has 5 heteroatoms. The summed E-state index contributed by atoms with van der Waals surface area (Å²) < 4.78 is 4.80. The quantitative estimate of drug-likeness (QED) is 0.906. The van der Waals surface area contributed by atoms with Gasteiger partial charge in [0.25, 0.3) is 0 Å². The Labute approximate surface area is 136 Å². The fourth-order valence-corrected chi connectivity index (χ4v) is 4.42. The number of hydrogen-bond acceptors (Lipinski definition) is 4. The smallest absolute Gasteiger partial charge is 0.409 e. The normalized spacial score (nSPS) is 22.8. The first-order chi connectivity index (χ1) is 10.8. The van der Waals surface area contributed by atoms with E-state index in [0.29, 0.717) is 12.1 Å². The SMILES string of the molecule is COC(=O)N1CCC(N[C@H]2CCCSc3ccccc32)CC1. The maximum atomic E-state index is 11.6. The van der Waals surface area contributed by atoms with E-state index in [4.69, 9.17) is 4.74 Å². The molecule has 120 valence electrons. The van der Waals surface area contributed by atoms with Crippen molar-refractivity contribution < 1.29 is 9.53 Å². The molecule has 1 amide bonds. The van der Waals surface area contributed by atoms with Crippen LogP contribution in [0.1, 0.15) is 37.3 Å². The van der Waals surface area contributed by atoms with Gasteiger partial charge in [-0.1, -0.05) is 18.2 Å². The van der Waals surface area contributed by atoms with Crippen LogP contribution in [-0.2, 0) is 4.74 Å². The van der Waals surface area contributed by atoms with Gasteiger partial charge in [0.05, 0.1) is 7.11 Å². The number of thioether (sulfide) groups is 1. The number of nitrogens with one attached hydrogen (secondary N) is 1. The highest BCUT2D eigenvalue weighted by molar-refractivity contribution is 7.99. The zero-order chi connectivity index (χ0) is 15.4. The topological polar surface area (TPSA) is 41.6 Å². The third-order valence-corrected chi connectivity index (χ3v) is 5.73. The van der Waals surface area contributed by atoms with Gasteiger partial charge in [-0.3, -0.25) is 0 Å². The molecule has 2 aliphatic rings. The van der Waals surface area contributed by atoms with Crippen LogP contribution in [0.4, 0.5) is 4.79 Å². The molecule has 1 saturated heterocycles. The predicted octanol–water partition coefficient (Wildman–Crippen LogP) is 3.43. The van der Waals surface area contributed by atoms with Crippen molar-refractivity contribution in [3.05, 3.63) is 29.8 Å². The number of carbonyl (C=O) groups is 1. The van der Waals surface area contributed by atoms with Gasteiger partial charge in [0.1, 0.15) is 0 Å². The summed E-state index contributed by atoms with van der Waals surface area (Å²) in [5.74, 6) is 1.20. The molecular formula is C17H24N2O2S. The Balaban J connectivity index is 1.61. The van der Waals surface area contributed by atoms with Crippen molar-refractivity contribution in [1.82, 2.24) is 10.2 Å². The van der Waals surface area contributed by atoms with Crippen molar-refractivity contribution in [2.24, 2.45) is 0 Å². The van der Waals surface area contributed by atoms with E-state index in [1.807, 2.05) is 11.8 Å². The highest BCUT2D eigenvalue weighted by atomic mass is 32.2. The molecule has 1 aromatic rings. The van der Waals surface area contributed by atoms with Gasteiger partial charge in [-0.15, -0.1) is 11.8 Å². The lowest BCUT2D eigenvalue weighted by molar-refractivity contribution is 0.108. The number of ether oxygens (including phenoxy) is 1. The first kappa shape index (κ1) is 15.7.